The normalized spacial score (nSPS) is 17.6. The number of hydrogen-bond acceptors (Lipinski definition) is 5. The molecule has 1 amide bonds. The molecule has 28 heavy (non-hydrogen) atoms. The average Bonchev–Trinajstić information content (AvgIpc) is 2.87. The molecule has 0 spiro atoms. The molecule has 4 rings (SSSR count). The van der Waals surface area contributed by atoms with E-state index in [1.54, 1.807) is 18.1 Å². The molecule has 0 bridgehead atoms. The summed E-state index contributed by atoms with van der Waals surface area (Å²) in [6.07, 6.45) is 0.993. The summed E-state index contributed by atoms with van der Waals surface area (Å²) >= 11 is 3.40. The Labute approximate surface area is 172 Å². The van der Waals surface area contributed by atoms with Gasteiger partial charge in [0.2, 0.25) is 0 Å². The molecule has 0 N–H and O–H groups in total. The van der Waals surface area contributed by atoms with E-state index < -0.39 is 11.7 Å². The first-order valence-corrected chi connectivity index (χ1v) is 10.1. The number of amides is 1. The van der Waals surface area contributed by atoms with Crippen molar-refractivity contribution in [2.45, 2.75) is 6.42 Å². The van der Waals surface area contributed by atoms with Crippen molar-refractivity contribution in [1.82, 2.24) is 4.90 Å². The highest BCUT2D eigenvalue weighted by atomic mass is 79.9. The summed E-state index contributed by atoms with van der Waals surface area (Å²) in [7, 11) is 1.67. The van der Waals surface area contributed by atoms with Gasteiger partial charge in [0.25, 0.3) is 5.78 Å². The van der Waals surface area contributed by atoms with E-state index in [4.69, 9.17) is 4.74 Å². The maximum Gasteiger partial charge on any atom is 0.300 e. The maximum absolute atomic E-state index is 12.5. The molecule has 2 aliphatic rings. The largest absolute Gasteiger partial charge is 0.497 e. The van der Waals surface area contributed by atoms with Crippen LogP contribution in [0.5, 0.6) is 5.75 Å². The number of carbonyl (C=O) groups excluding carboxylic acids is 2. The minimum absolute atomic E-state index is 0.433. The maximum atomic E-state index is 12.5. The van der Waals surface area contributed by atoms with Crippen LogP contribution in [0.15, 0.2) is 46.9 Å². The Morgan fingerprint density at radius 3 is 2.54 bits per heavy atom. The number of hydrogen-bond donors (Lipinski definition) is 0. The highest BCUT2D eigenvalue weighted by molar-refractivity contribution is 9.10. The summed E-state index contributed by atoms with van der Waals surface area (Å²) in [6.45, 7) is 3.97. The summed E-state index contributed by atoms with van der Waals surface area (Å²) < 4.78 is 5.91. The van der Waals surface area contributed by atoms with Crippen molar-refractivity contribution in [3.05, 3.63) is 52.5 Å². The van der Waals surface area contributed by atoms with Crippen LogP contribution in [0.3, 0.4) is 0 Å². The number of rotatable bonds is 4. The zero-order valence-electron chi connectivity index (χ0n) is 15.7. The number of benzene rings is 2. The molecule has 7 heteroatoms. The van der Waals surface area contributed by atoms with E-state index in [0.29, 0.717) is 22.4 Å². The van der Waals surface area contributed by atoms with Gasteiger partial charge in [0.15, 0.2) is 0 Å². The molecule has 0 radical (unpaired) electrons. The zero-order chi connectivity index (χ0) is 19.7. The molecule has 1 saturated heterocycles. The summed E-state index contributed by atoms with van der Waals surface area (Å²) in [5, 5.41) is 0. The molecule has 0 unspecified atom stereocenters. The van der Waals surface area contributed by atoms with Crippen LogP contribution in [0.25, 0.3) is 0 Å². The summed E-state index contributed by atoms with van der Waals surface area (Å²) in [5.41, 5.74) is 2.34. The number of methoxy groups -OCH3 is 1. The van der Waals surface area contributed by atoms with Crippen molar-refractivity contribution in [3.63, 3.8) is 0 Å². The van der Waals surface area contributed by atoms with E-state index in [2.05, 4.69) is 37.9 Å². The SMILES string of the molecule is COc1ccc(N2CCCN(CN3C(=O)C(=O)c4c(Br)cccc43)CC2)cc1. The zero-order valence-corrected chi connectivity index (χ0v) is 17.3. The third-order valence-electron chi connectivity index (χ3n) is 5.32. The summed E-state index contributed by atoms with van der Waals surface area (Å²) in [4.78, 5) is 31.1. The van der Waals surface area contributed by atoms with E-state index in [9.17, 15) is 9.59 Å². The number of anilines is 2. The smallest absolute Gasteiger partial charge is 0.300 e. The van der Waals surface area contributed by atoms with Crippen LogP contribution in [-0.2, 0) is 4.79 Å². The van der Waals surface area contributed by atoms with Crippen molar-refractivity contribution < 1.29 is 14.3 Å². The first kappa shape index (κ1) is 19.0. The van der Waals surface area contributed by atoms with Crippen molar-refractivity contribution in [2.75, 3.05) is 49.8 Å². The van der Waals surface area contributed by atoms with Gasteiger partial charge in [-0.15, -0.1) is 0 Å². The van der Waals surface area contributed by atoms with Gasteiger partial charge in [-0.2, -0.15) is 0 Å². The van der Waals surface area contributed by atoms with Gasteiger partial charge in [-0.25, -0.2) is 0 Å². The second-order valence-corrected chi connectivity index (χ2v) is 7.85. The number of carbonyl (C=O) groups is 2. The number of ketones is 1. The van der Waals surface area contributed by atoms with E-state index in [1.807, 2.05) is 24.3 Å². The molecule has 2 heterocycles. The van der Waals surface area contributed by atoms with Gasteiger partial charge >= 0.3 is 5.91 Å². The predicted molar refractivity (Wildman–Crippen MR) is 112 cm³/mol. The highest BCUT2D eigenvalue weighted by Crippen LogP contribution is 2.34. The molecular weight excluding hydrogens is 422 g/mol. The van der Waals surface area contributed by atoms with Crippen LogP contribution in [0.2, 0.25) is 0 Å². The average molecular weight is 444 g/mol. The molecule has 0 aromatic heterocycles. The fourth-order valence-corrected chi connectivity index (χ4v) is 4.34. The van der Waals surface area contributed by atoms with E-state index >= 15 is 0 Å². The van der Waals surface area contributed by atoms with Gasteiger partial charge in [0.1, 0.15) is 5.75 Å². The molecule has 0 saturated carbocycles. The van der Waals surface area contributed by atoms with Crippen LogP contribution < -0.4 is 14.5 Å². The van der Waals surface area contributed by atoms with Crippen LogP contribution in [0, 0.1) is 0 Å². The number of Topliss-reactive ketones (excluding diaryl/α,β-unsaturated/α-hetero) is 1. The number of nitrogens with zero attached hydrogens (tertiary/aromatic N) is 3. The lowest BCUT2D eigenvalue weighted by Crippen LogP contribution is -2.42. The van der Waals surface area contributed by atoms with Gasteiger partial charge in [-0.05, 0) is 58.7 Å². The molecule has 6 nitrogen and oxygen atoms in total. The van der Waals surface area contributed by atoms with Crippen molar-refractivity contribution >= 4 is 39.0 Å². The number of ether oxygens (including phenoxy) is 1. The first-order valence-electron chi connectivity index (χ1n) is 9.34. The molecule has 146 valence electrons. The van der Waals surface area contributed by atoms with Crippen LogP contribution in [-0.4, -0.2) is 56.5 Å². The molecule has 0 aliphatic carbocycles. The third kappa shape index (κ3) is 3.52. The van der Waals surface area contributed by atoms with E-state index in [0.717, 1.165) is 38.3 Å². The molecule has 2 aliphatic heterocycles. The molecule has 1 fully saturated rings. The first-order chi connectivity index (χ1) is 13.6. The minimum atomic E-state index is -0.446. The lowest BCUT2D eigenvalue weighted by molar-refractivity contribution is -0.114. The third-order valence-corrected chi connectivity index (χ3v) is 5.98. The van der Waals surface area contributed by atoms with Gasteiger partial charge in [-0.3, -0.25) is 19.4 Å². The molecule has 2 aromatic rings. The highest BCUT2D eigenvalue weighted by Gasteiger charge is 2.38. The van der Waals surface area contributed by atoms with E-state index in [1.165, 1.54) is 5.69 Å². The van der Waals surface area contributed by atoms with Crippen LogP contribution in [0.4, 0.5) is 11.4 Å². The van der Waals surface area contributed by atoms with Crippen molar-refractivity contribution in [3.8, 4) is 5.75 Å². The van der Waals surface area contributed by atoms with Crippen LogP contribution >= 0.6 is 15.9 Å². The lowest BCUT2D eigenvalue weighted by atomic mass is 10.1. The van der Waals surface area contributed by atoms with Gasteiger partial charge in [0, 0.05) is 36.3 Å². The fraction of sp³-hybridized carbons (Fsp3) is 0.333. The molecular formula is C21H22BrN3O3. The second kappa shape index (κ2) is 7.93. The lowest BCUT2D eigenvalue weighted by Gasteiger charge is -2.27. The summed E-state index contributed by atoms with van der Waals surface area (Å²) in [6, 6.07) is 13.6. The van der Waals surface area contributed by atoms with Gasteiger partial charge < -0.3 is 9.64 Å². The number of fused-ring (bicyclic) bond motifs is 1. The minimum Gasteiger partial charge on any atom is -0.497 e. The fourth-order valence-electron chi connectivity index (χ4n) is 3.81. The Kier molecular flexibility index (Phi) is 5.37. The van der Waals surface area contributed by atoms with E-state index in [-0.39, 0.29) is 0 Å². The van der Waals surface area contributed by atoms with Crippen LogP contribution in [0.1, 0.15) is 16.8 Å². The van der Waals surface area contributed by atoms with Gasteiger partial charge in [0.05, 0.1) is 25.0 Å². The molecule has 0 atom stereocenters. The van der Waals surface area contributed by atoms with Gasteiger partial charge in [-0.1, -0.05) is 6.07 Å². The standard InChI is InChI=1S/C21H22BrN3O3/c1-28-16-8-6-15(7-9-16)24-11-3-10-23(12-13-24)14-25-18-5-2-4-17(22)19(18)20(26)21(25)27/h2,4-9H,3,10-14H2,1H3. The summed E-state index contributed by atoms with van der Waals surface area (Å²) in [5.74, 6) is -0.0300. The second-order valence-electron chi connectivity index (χ2n) is 6.99. The van der Waals surface area contributed by atoms with Crippen molar-refractivity contribution in [1.29, 1.82) is 0 Å². The Hall–Kier alpha value is -2.38. The topological polar surface area (TPSA) is 53.1 Å². The van der Waals surface area contributed by atoms with Crippen molar-refractivity contribution in [2.24, 2.45) is 0 Å². The molecule has 2 aromatic carbocycles. The Morgan fingerprint density at radius 2 is 1.79 bits per heavy atom. The Balaban J connectivity index is 1.45. The number of halogens is 1. The monoisotopic (exact) mass is 443 g/mol. The Morgan fingerprint density at radius 1 is 1.00 bits per heavy atom. The Bertz CT molecular complexity index is 900. The predicted octanol–water partition coefficient (Wildman–Crippen LogP) is 3.16. The quantitative estimate of drug-likeness (QED) is 0.679.